The third-order valence-corrected chi connectivity index (χ3v) is 2.62. The van der Waals surface area contributed by atoms with Crippen LogP contribution in [-0.2, 0) is 16.1 Å². The van der Waals surface area contributed by atoms with E-state index in [9.17, 15) is 4.79 Å². The van der Waals surface area contributed by atoms with Crippen LogP contribution in [0.2, 0.25) is 5.02 Å². The van der Waals surface area contributed by atoms with Crippen molar-refractivity contribution in [1.82, 2.24) is 5.32 Å². The number of ether oxygens (including phenoxy) is 2. The van der Waals surface area contributed by atoms with Gasteiger partial charge in [0.25, 0.3) is 0 Å². The molecule has 0 radical (unpaired) electrons. The van der Waals surface area contributed by atoms with Gasteiger partial charge in [-0.3, -0.25) is 4.79 Å². The summed E-state index contributed by atoms with van der Waals surface area (Å²) in [5.74, 6) is 0.327. The van der Waals surface area contributed by atoms with Crippen LogP contribution >= 0.6 is 11.6 Å². The SMILES string of the molecule is CNCC(=O)OCc1cc(Cl)c(OC)cc1C. The number of likely N-dealkylation sites (N-methyl/N-ethyl adjacent to an activating group) is 1. The lowest BCUT2D eigenvalue weighted by Crippen LogP contribution is -2.20. The van der Waals surface area contributed by atoms with Gasteiger partial charge in [0.15, 0.2) is 0 Å². The van der Waals surface area contributed by atoms with Gasteiger partial charge in [-0.15, -0.1) is 0 Å². The summed E-state index contributed by atoms with van der Waals surface area (Å²) in [6, 6.07) is 3.58. The molecule has 1 aromatic carbocycles. The first-order valence-electron chi connectivity index (χ1n) is 5.21. The van der Waals surface area contributed by atoms with Crippen molar-refractivity contribution in [2.24, 2.45) is 0 Å². The lowest BCUT2D eigenvalue weighted by Gasteiger charge is -2.10. The van der Waals surface area contributed by atoms with Gasteiger partial charge in [-0.2, -0.15) is 0 Å². The Morgan fingerprint density at radius 1 is 1.47 bits per heavy atom. The summed E-state index contributed by atoms with van der Waals surface area (Å²) >= 11 is 6.00. The van der Waals surface area contributed by atoms with Gasteiger partial charge in [0.05, 0.1) is 18.7 Å². The first-order chi connectivity index (χ1) is 8.08. The van der Waals surface area contributed by atoms with Crippen molar-refractivity contribution in [2.75, 3.05) is 20.7 Å². The first kappa shape index (κ1) is 13.8. The van der Waals surface area contributed by atoms with E-state index in [4.69, 9.17) is 21.1 Å². The Labute approximate surface area is 106 Å². The predicted molar refractivity (Wildman–Crippen MR) is 66.5 cm³/mol. The van der Waals surface area contributed by atoms with E-state index in [1.54, 1.807) is 20.2 Å². The minimum atomic E-state index is -0.293. The van der Waals surface area contributed by atoms with E-state index < -0.39 is 0 Å². The monoisotopic (exact) mass is 257 g/mol. The molecule has 0 unspecified atom stereocenters. The van der Waals surface area contributed by atoms with Gasteiger partial charge >= 0.3 is 5.97 Å². The molecule has 0 aliphatic rings. The zero-order valence-electron chi connectivity index (χ0n) is 10.2. The zero-order valence-corrected chi connectivity index (χ0v) is 10.9. The number of halogens is 1. The van der Waals surface area contributed by atoms with Gasteiger partial charge in [-0.1, -0.05) is 11.6 Å². The van der Waals surface area contributed by atoms with Gasteiger partial charge in [0.1, 0.15) is 12.4 Å². The number of esters is 1. The van der Waals surface area contributed by atoms with Crippen LogP contribution in [0.25, 0.3) is 0 Å². The Hall–Kier alpha value is -1.26. The second-order valence-corrected chi connectivity index (χ2v) is 4.01. The summed E-state index contributed by atoms with van der Waals surface area (Å²) in [6.07, 6.45) is 0. The van der Waals surface area contributed by atoms with Crippen molar-refractivity contribution >= 4 is 17.6 Å². The number of nitrogens with one attached hydrogen (secondary N) is 1. The molecule has 0 spiro atoms. The van der Waals surface area contributed by atoms with Crippen LogP contribution < -0.4 is 10.1 Å². The lowest BCUT2D eigenvalue weighted by molar-refractivity contribution is -0.143. The highest BCUT2D eigenvalue weighted by Gasteiger charge is 2.08. The van der Waals surface area contributed by atoms with E-state index in [0.29, 0.717) is 10.8 Å². The van der Waals surface area contributed by atoms with Gasteiger partial charge in [-0.25, -0.2) is 0 Å². The highest BCUT2D eigenvalue weighted by atomic mass is 35.5. The second kappa shape index (κ2) is 6.47. The maximum Gasteiger partial charge on any atom is 0.320 e. The molecule has 1 aromatic rings. The van der Waals surface area contributed by atoms with E-state index in [1.165, 1.54) is 0 Å². The van der Waals surface area contributed by atoms with Crippen molar-refractivity contribution < 1.29 is 14.3 Å². The maximum atomic E-state index is 11.2. The molecule has 17 heavy (non-hydrogen) atoms. The van der Waals surface area contributed by atoms with E-state index in [-0.39, 0.29) is 19.1 Å². The quantitative estimate of drug-likeness (QED) is 0.819. The molecule has 1 rings (SSSR count). The molecule has 94 valence electrons. The van der Waals surface area contributed by atoms with Gasteiger partial charge in [0.2, 0.25) is 0 Å². The van der Waals surface area contributed by atoms with E-state index in [2.05, 4.69) is 5.32 Å². The Morgan fingerprint density at radius 3 is 2.76 bits per heavy atom. The van der Waals surface area contributed by atoms with Crippen LogP contribution in [0.1, 0.15) is 11.1 Å². The Bertz CT molecular complexity index is 407. The fourth-order valence-corrected chi connectivity index (χ4v) is 1.63. The zero-order chi connectivity index (χ0) is 12.8. The van der Waals surface area contributed by atoms with E-state index in [1.807, 2.05) is 13.0 Å². The minimum Gasteiger partial charge on any atom is -0.495 e. The topological polar surface area (TPSA) is 47.6 Å². The third-order valence-electron chi connectivity index (χ3n) is 2.32. The van der Waals surface area contributed by atoms with Gasteiger partial charge in [-0.05, 0) is 37.2 Å². The van der Waals surface area contributed by atoms with Crippen LogP contribution in [-0.4, -0.2) is 26.7 Å². The largest absolute Gasteiger partial charge is 0.495 e. The highest BCUT2D eigenvalue weighted by Crippen LogP contribution is 2.28. The number of carbonyl (C=O) groups is 1. The molecule has 0 heterocycles. The first-order valence-corrected chi connectivity index (χ1v) is 5.59. The smallest absolute Gasteiger partial charge is 0.320 e. The highest BCUT2D eigenvalue weighted by molar-refractivity contribution is 6.32. The molecule has 0 fully saturated rings. The Kier molecular flexibility index (Phi) is 5.25. The second-order valence-electron chi connectivity index (χ2n) is 3.60. The molecular formula is C12H16ClNO3. The van der Waals surface area contributed by atoms with Crippen LogP contribution in [0, 0.1) is 6.92 Å². The number of methoxy groups -OCH3 is 1. The van der Waals surface area contributed by atoms with E-state index in [0.717, 1.165) is 11.1 Å². The third kappa shape index (κ3) is 3.91. The number of carbonyl (C=O) groups excluding carboxylic acids is 1. The number of hydrogen-bond donors (Lipinski definition) is 1. The molecule has 5 heteroatoms. The van der Waals surface area contributed by atoms with E-state index >= 15 is 0 Å². The molecule has 0 atom stereocenters. The molecule has 1 N–H and O–H groups in total. The summed E-state index contributed by atoms with van der Waals surface area (Å²) < 4.78 is 10.2. The molecular weight excluding hydrogens is 242 g/mol. The summed E-state index contributed by atoms with van der Waals surface area (Å²) in [6.45, 7) is 2.33. The molecule has 0 saturated heterocycles. The molecule has 0 aliphatic carbocycles. The fraction of sp³-hybridized carbons (Fsp3) is 0.417. The van der Waals surface area contributed by atoms with Gasteiger partial charge < -0.3 is 14.8 Å². The van der Waals surface area contributed by atoms with Crippen molar-refractivity contribution in [2.45, 2.75) is 13.5 Å². The number of hydrogen-bond acceptors (Lipinski definition) is 4. The Balaban J connectivity index is 2.72. The van der Waals surface area contributed by atoms with Gasteiger partial charge in [0, 0.05) is 0 Å². The predicted octanol–water partition coefficient (Wildman–Crippen LogP) is 1.92. The summed E-state index contributed by atoms with van der Waals surface area (Å²) in [4.78, 5) is 11.2. The van der Waals surface area contributed by atoms with Crippen LogP contribution in [0.15, 0.2) is 12.1 Å². The van der Waals surface area contributed by atoms with Crippen molar-refractivity contribution in [1.29, 1.82) is 0 Å². The molecule has 4 nitrogen and oxygen atoms in total. The summed E-state index contributed by atoms with van der Waals surface area (Å²) in [5, 5.41) is 3.24. The Morgan fingerprint density at radius 2 is 2.18 bits per heavy atom. The summed E-state index contributed by atoms with van der Waals surface area (Å²) in [5.41, 5.74) is 1.85. The standard InChI is InChI=1S/C12H16ClNO3/c1-8-4-11(16-3)10(13)5-9(8)7-17-12(15)6-14-2/h4-5,14H,6-7H2,1-3H3. The molecule has 0 saturated carbocycles. The number of aryl methyl sites for hydroxylation is 1. The van der Waals surface area contributed by atoms with Crippen molar-refractivity contribution in [3.05, 3.63) is 28.3 Å². The molecule has 0 amide bonds. The van der Waals surface area contributed by atoms with Crippen LogP contribution in [0.5, 0.6) is 5.75 Å². The minimum absolute atomic E-state index is 0.197. The fourth-order valence-electron chi connectivity index (χ4n) is 1.36. The average Bonchev–Trinajstić information content (AvgIpc) is 2.30. The average molecular weight is 258 g/mol. The van der Waals surface area contributed by atoms with Crippen LogP contribution in [0.3, 0.4) is 0 Å². The van der Waals surface area contributed by atoms with Crippen molar-refractivity contribution in [3.63, 3.8) is 0 Å². The normalized spacial score (nSPS) is 10.1. The van der Waals surface area contributed by atoms with Crippen LogP contribution in [0.4, 0.5) is 0 Å². The number of rotatable bonds is 5. The summed E-state index contributed by atoms with van der Waals surface area (Å²) in [7, 11) is 3.25. The lowest BCUT2D eigenvalue weighted by atomic mass is 10.1. The van der Waals surface area contributed by atoms with Crippen molar-refractivity contribution in [3.8, 4) is 5.75 Å². The molecule has 0 aromatic heterocycles. The number of benzene rings is 1. The molecule has 0 aliphatic heterocycles. The maximum absolute atomic E-state index is 11.2. The molecule has 0 bridgehead atoms.